The lowest BCUT2D eigenvalue weighted by molar-refractivity contribution is 0.0730. The number of carbonyl (C=O) groups excluding carboxylic acids is 1. The third kappa shape index (κ3) is 4.22. The summed E-state index contributed by atoms with van der Waals surface area (Å²) in [6, 6.07) is 11.9. The summed E-state index contributed by atoms with van der Waals surface area (Å²) in [5.74, 6) is 0.501. The number of nitrogens with one attached hydrogen (secondary N) is 1. The van der Waals surface area contributed by atoms with Crippen LogP contribution in [0.4, 0.5) is 4.79 Å². The first-order valence-corrected chi connectivity index (χ1v) is 11.1. The number of ether oxygens (including phenoxy) is 3. The van der Waals surface area contributed by atoms with Crippen LogP contribution in [0, 0.1) is 0 Å². The van der Waals surface area contributed by atoms with Gasteiger partial charge >= 0.3 is 6.09 Å². The zero-order valence-corrected chi connectivity index (χ0v) is 17.9. The lowest BCUT2D eigenvalue weighted by Gasteiger charge is -2.26. The van der Waals surface area contributed by atoms with Gasteiger partial charge in [0, 0.05) is 31.6 Å². The maximum atomic E-state index is 12.8. The molecule has 31 heavy (non-hydrogen) atoms. The van der Waals surface area contributed by atoms with Crippen molar-refractivity contribution in [3.63, 3.8) is 0 Å². The quantitative estimate of drug-likeness (QED) is 0.642. The summed E-state index contributed by atoms with van der Waals surface area (Å²) in [5.41, 5.74) is 2.04. The van der Waals surface area contributed by atoms with Gasteiger partial charge in [0.05, 0.1) is 25.2 Å². The monoisotopic (exact) mass is 446 g/mol. The van der Waals surface area contributed by atoms with Crippen LogP contribution in [0.3, 0.4) is 0 Å². The molecule has 0 saturated carbocycles. The van der Waals surface area contributed by atoms with Gasteiger partial charge in [-0.3, -0.25) is 0 Å². The summed E-state index contributed by atoms with van der Waals surface area (Å²) in [7, 11) is -0.597. The van der Waals surface area contributed by atoms with E-state index in [1.165, 1.54) is 18.5 Å². The van der Waals surface area contributed by atoms with Gasteiger partial charge in [0.15, 0.2) is 11.3 Å². The van der Waals surface area contributed by atoms with Crippen LogP contribution in [0.2, 0.25) is 0 Å². The Kier molecular flexibility index (Phi) is 5.86. The van der Waals surface area contributed by atoms with E-state index in [9.17, 15) is 13.2 Å². The van der Waals surface area contributed by atoms with Crippen LogP contribution in [0.1, 0.15) is 0 Å². The number of sulfonamides is 1. The predicted octanol–water partition coefficient (Wildman–Crippen LogP) is 2.85. The highest BCUT2D eigenvalue weighted by atomic mass is 32.2. The molecule has 1 aliphatic rings. The van der Waals surface area contributed by atoms with Gasteiger partial charge in [-0.1, -0.05) is 12.1 Å². The van der Waals surface area contributed by atoms with Gasteiger partial charge in [-0.15, -0.1) is 0 Å². The maximum absolute atomic E-state index is 12.8. The van der Waals surface area contributed by atoms with Gasteiger partial charge in [-0.25, -0.2) is 13.2 Å². The van der Waals surface area contributed by atoms with Crippen molar-refractivity contribution in [1.82, 2.24) is 9.62 Å². The molecule has 1 aromatic heterocycles. The third-order valence-electron chi connectivity index (χ3n) is 4.97. The Labute approximate surface area is 179 Å². The van der Waals surface area contributed by atoms with Crippen molar-refractivity contribution in [2.45, 2.75) is 4.90 Å². The van der Waals surface area contributed by atoms with Crippen LogP contribution < -0.4 is 14.8 Å². The Morgan fingerprint density at radius 2 is 1.77 bits per heavy atom. The Hall–Kier alpha value is -3.08. The molecule has 0 aliphatic carbocycles. The van der Waals surface area contributed by atoms with E-state index < -0.39 is 16.1 Å². The van der Waals surface area contributed by atoms with Gasteiger partial charge < -0.3 is 23.9 Å². The number of hydrogen-bond acceptors (Lipinski definition) is 7. The second kappa shape index (κ2) is 8.58. The van der Waals surface area contributed by atoms with Crippen molar-refractivity contribution < 1.29 is 31.8 Å². The Morgan fingerprint density at radius 1 is 1.06 bits per heavy atom. The molecule has 0 bridgehead atoms. The summed E-state index contributed by atoms with van der Waals surface area (Å²) >= 11 is 0. The summed E-state index contributed by atoms with van der Waals surface area (Å²) in [5, 5.41) is 3.03. The second-order valence-corrected chi connectivity index (χ2v) is 8.78. The van der Waals surface area contributed by atoms with Crippen molar-refractivity contribution >= 4 is 27.1 Å². The molecule has 1 fully saturated rings. The molecule has 164 valence electrons. The molecule has 1 N–H and O–H groups in total. The molecule has 0 radical (unpaired) electrons. The van der Waals surface area contributed by atoms with E-state index in [2.05, 4.69) is 5.32 Å². The zero-order valence-electron chi connectivity index (χ0n) is 17.1. The van der Waals surface area contributed by atoms with E-state index in [0.717, 1.165) is 11.1 Å². The number of rotatable bonds is 5. The lowest BCUT2D eigenvalue weighted by atomic mass is 10.0. The topological polar surface area (TPSA) is 107 Å². The number of amides is 1. The van der Waals surface area contributed by atoms with Gasteiger partial charge in [-0.05, 0) is 35.4 Å². The number of furan rings is 1. The fourth-order valence-corrected chi connectivity index (χ4v) is 4.77. The molecule has 0 unspecified atom stereocenters. The Balaban J connectivity index is 1.65. The van der Waals surface area contributed by atoms with Gasteiger partial charge in [0.1, 0.15) is 0 Å². The number of carbonyl (C=O) groups is 1. The molecule has 0 atom stereocenters. The molecule has 1 saturated heterocycles. The maximum Gasteiger partial charge on any atom is 0.414 e. The molecule has 0 spiro atoms. The first kappa shape index (κ1) is 21.2. The zero-order chi connectivity index (χ0) is 22.0. The molecule has 3 aromatic rings. The second-order valence-electron chi connectivity index (χ2n) is 6.84. The SMILES string of the molecule is CNC(=O)Oc1cc2cc(-c3ccc(S(=O)(=O)N4CCOCC4)cc3)cc(OC)c2o1. The number of fused-ring (bicyclic) bond motifs is 1. The normalized spacial score (nSPS) is 15.0. The number of benzene rings is 2. The molecule has 9 nitrogen and oxygen atoms in total. The Bertz CT molecular complexity index is 1200. The van der Waals surface area contributed by atoms with Crippen molar-refractivity contribution in [2.24, 2.45) is 0 Å². The van der Waals surface area contributed by atoms with Crippen molar-refractivity contribution in [3.05, 3.63) is 42.5 Å². The average molecular weight is 446 g/mol. The smallest absolute Gasteiger partial charge is 0.414 e. The molecule has 1 amide bonds. The molecule has 1 aliphatic heterocycles. The van der Waals surface area contributed by atoms with Gasteiger partial charge in [0.25, 0.3) is 5.95 Å². The van der Waals surface area contributed by atoms with Crippen LogP contribution in [-0.4, -0.2) is 59.3 Å². The summed E-state index contributed by atoms with van der Waals surface area (Å²) < 4.78 is 48.4. The van der Waals surface area contributed by atoms with Crippen LogP contribution in [0.25, 0.3) is 22.1 Å². The van der Waals surface area contributed by atoms with Crippen molar-refractivity contribution in [3.8, 4) is 22.8 Å². The highest BCUT2D eigenvalue weighted by molar-refractivity contribution is 7.89. The van der Waals surface area contributed by atoms with Crippen molar-refractivity contribution in [2.75, 3.05) is 40.5 Å². The lowest BCUT2D eigenvalue weighted by Crippen LogP contribution is -2.40. The first-order valence-electron chi connectivity index (χ1n) is 9.62. The van der Waals surface area contributed by atoms with Gasteiger partial charge in [0.2, 0.25) is 10.0 Å². The molecular weight excluding hydrogens is 424 g/mol. The number of methoxy groups -OCH3 is 1. The number of nitrogens with zero attached hydrogens (tertiary/aromatic N) is 1. The summed E-state index contributed by atoms with van der Waals surface area (Å²) in [6.07, 6.45) is -0.643. The van der Waals surface area contributed by atoms with E-state index in [1.807, 2.05) is 6.07 Å². The Morgan fingerprint density at radius 3 is 2.42 bits per heavy atom. The first-order chi connectivity index (χ1) is 14.9. The summed E-state index contributed by atoms with van der Waals surface area (Å²) in [6.45, 7) is 1.48. The molecule has 2 heterocycles. The third-order valence-corrected chi connectivity index (χ3v) is 6.89. The van der Waals surface area contributed by atoms with Crippen LogP contribution >= 0.6 is 0 Å². The number of morpholine rings is 1. The standard InChI is InChI=1S/C21H22N2O7S/c1-22-21(24)30-19-13-16-11-15(12-18(27-2)20(16)29-19)14-3-5-17(6-4-14)31(25,26)23-7-9-28-10-8-23/h3-6,11-13H,7-10H2,1-2H3,(H,22,24). The average Bonchev–Trinajstić information content (AvgIpc) is 3.21. The van der Waals surface area contributed by atoms with E-state index in [4.69, 9.17) is 18.6 Å². The highest BCUT2D eigenvalue weighted by Gasteiger charge is 2.26. The molecular formula is C21H22N2O7S. The van der Waals surface area contributed by atoms with Crippen molar-refractivity contribution in [1.29, 1.82) is 0 Å². The van der Waals surface area contributed by atoms with E-state index in [-0.39, 0.29) is 10.8 Å². The van der Waals surface area contributed by atoms with Gasteiger partial charge in [-0.2, -0.15) is 4.31 Å². The van der Waals surface area contributed by atoms with Crippen LogP contribution in [-0.2, 0) is 14.8 Å². The largest absolute Gasteiger partial charge is 0.493 e. The minimum Gasteiger partial charge on any atom is -0.493 e. The van der Waals surface area contributed by atoms with E-state index in [0.29, 0.717) is 43.0 Å². The fraction of sp³-hybridized carbons (Fsp3) is 0.286. The van der Waals surface area contributed by atoms with E-state index >= 15 is 0 Å². The fourth-order valence-electron chi connectivity index (χ4n) is 3.36. The molecule has 10 heteroatoms. The molecule has 4 rings (SSSR count). The molecule has 2 aromatic carbocycles. The highest BCUT2D eigenvalue weighted by Crippen LogP contribution is 2.37. The number of hydrogen-bond donors (Lipinski definition) is 1. The predicted molar refractivity (Wildman–Crippen MR) is 113 cm³/mol. The summed E-state index contributed by atoms with van der Waals surface area (Å²) in [4.78, 5) is 11.7. The van der Waals surface area contributed by atoms with Crippen LogP contribution in [0.5, 0.6) is 11.7 Å². The van der Waals surface area contributed by atoms with Crippen LogP contribution in [0.15, 0.2) is 51.8 Å². The minimum atomic E-state index is -3.56. The van der Waals surface area contributed by atoms with E-state index in [1.54, 1.807) is 36.4 Å². The minimum absolute atomic E-state index is 0.0387.